The highest BCUT2D eigenvalue weighted by Crippen LogP contribution is 2.17. The summed E-state index contributed by atoms with van der Waals surface area (Å²) in [4.78, 5) is 8.12. The predicted octanol–water partition coefficient (Wildman–Crippen LogP) is 3.12. The number of benzene rings is 1. The van der Waals surface area contributed by atoms with Crippen LogP contribution in [0, 0.1) is 13.8 Å². The van der Waals surface area contributed by atoms with Crippen molar-refractivity contribution >= 4 is 11.0 Å². The van der Waals surface area contributed by atoms with Gasteiger partial charge in [0.1, 0.15) is 24.8 Å². The van der Waals surface area contributed by atoms with E-state index in [1.54, 1.807) is 0 Å². The van der Waals surface area contributed by atoms with Crippen LogP contribution in [0.25, 0.3) is 11.0 Å². The fraction of sp³-hybridized carbons (Fsp3) is 0.412. The Morgan fingerprint density at radius 1 is 1.24 bits per heavy atom. The van der Waals surface area contributed by atoms with Gasteiger partial charge in [0.15, 0.2) is 0 Å². The van der Waals surface area contributed by atoms with Crippen LogP contribution in [-0.2, 0) is 13.1 Å². The maximum Gasteiger partial charge on any atom is 0.244 e. The van der Waals surface area contributed by atoms with Crippen LogP contribution in [0.2, 0.25) is 0 Å². The average molecular weight is 283 g/mol. The Balaban J connectivity index is 1.79. The van der Waals surface area contributed by atoms with Gasteiger partial charge in [0.2, 0.25) is 6.33 Å². The fourth-order valence-electron chi connectivity index (χ4n) is 2.58. The van der Waals surface area contributed by atoms with Crippen LogP contribution in [0.1, 0.15) is 36.7 Å². The van der Waals surface area contributed by atoms with Crippen molar-refractivity contribution in [3.05, 3.63) is 47.8 Å². The van der Waals surface area contributed by atoms with E-state index in [0.717, 1.165) is 29.9 Å². The highest BCUT2D eigenvalue weighted by molar-refractivity contribution is 5.77. The van der Waals surface area contributed by atoms with Gasteiger partial charge in [-0.3, -0.25) is 0 Å². The Hall–Kier alpha value is -2.10. The number of aromatic nitrogens is 4. The maximum atomic E-state index is 4.70. The second kappa shape index (κ2) is 5.72. The standard InChI is InChI=1S/C17H23N4/c1-4-5-6-20-7-8-21(12-20)11-17-18-15-9-13(2)14(3)10-16(15)19-17/h7-10,12H,4-6,11H2,1-3H3,(H,18,19)/q+1. The molecule has 0 saturated heterocycles. The van der Waals surface area contributed by atoms with E-state index < -0.39 is 0 Å². The number of aryl methyl sites for hydroxylation is 3. The second-order valence-corrected chi connectivity index (χ2v) is 5.81. The van der Waals surface area contributed by atoms with Crippen molar-refractivity contribution < 1.29 is 4.57 Å². The predicted molar refractivity (Wildman–Crippen MR) is 84.2 cm³/mol. The van der Waals surface area contributed by atoms with E-state index in [-0.39, 0.29) is 0 Å². The van der Waals surface area contributed by atoms with Crippen molar-refractivity contribution in [2.45, 2.75) is 46.7 Å². The van der Waals surface area contributed by atoms with Gasteiger partial charge in [-0.15, -0.1) is 0 Å². The average Bonchev–Trinajstić information content (AvgIpc) is 3.04. The van der Waals surface area contributed by atoms with Crippen LogP contribution in [0.3, 0.4) is 0 Å². The molecule has 0 bridgehead atoms. The second-order valence-electron chi connectivity index (χ2n) is 5.81. The number of aromatic amines is 1. The van der Waals surface area contributed by atoms with E-state index in [4.69, 9.17) is 4.98 Å². The molecule has 0 radical (unpaired) electrons. The first-order valence-corrected chi connectivity index (χ1v) is 7.66. The molecule has 3 rings (SSSR count). The zero-order chi connectivity index (χ0) is 14.8. The zero-order valence-electron chi connectivity index (χ0n) is 13.1. The summed E-state index contributed by atoms with van der Waals surface area (Å²) in [5.74, 6) is 1.01. The molecular weight excluding hydrogens is 260 g/mol. The molecule has 0 aliphatic rings. The Morgan fingerprint density at radius 3 is 2.86 bits per heavy atom. The molecule has 0 spiro atoms. The Morgan fingerprint density at radius 2 is 2.05 bits per heavy atom. The minimum Gasteiger partial charge on any atom is -0.339 e. The summed E-state index contributed by atoms with van der Waals surface area (Å²) in [5, 5.41) is 0. The molecule has 1 N–H and O–H groups in total. The lowest BCUT2D eigenvalue weighted by atomic mass is 10.1. The molecule has 2 heterocycles. The van der Waals surface area contributed by atoms with Gasteiger partial charge in [0.05, 0.1) is 17.6 Å². The number of nitrogens with one attached hydrogen (secondary N) is 1. The van der Waals surface area contributed by atoms with Gasteiger partial charge in [0.25, 0.3) is 0 Å². The van der Waals surface area contributed by atoms with Crippen LogP contribution in [0.4, 0.5) is 0 Å². The van der Waals surface area contributed by atoms with Crippen LogP contribution < -0.4 is 4.57 Å². The van der Waals surface area contributed by atoms with Gasteiger partial charge >= 0.3 is 0 Å². The largest absolute Gasteiger partial charge is 0.339 e. The number of hydrogen-bond donors (Lipinski definition) is 1. The van der Waals surface area contributed by atoms with E-state index in [0.29, 0.717) is 0 Å². The summed E-state index contributed by atoms with van der Waals surface area (Å²) in [6, 6.07) is 4.33. The number of nitrogens with zero attached hydrogens (tertiary/aromatic N) is 3. The topological polar surface area (TPSA) is 37.5 Å². The molecule has 1 aromatic carbocycles. The highest BCUT2D eigenvalue weighted by Gasteiger charge is 2.09. The Labute approximate surface area is 125 Å². The third-order valence-corrected chi connectivity index (χ3v) is 3.99. The number of fused-ring (bicyclic) bond motifs is 1. The van der Waals surface area contributed by atoms with Gasteiger partial charge in [-0.2, -0.15) is 0 Å². The van der Waals surface area contributed by atoms with Crippen LogP contribution in [0.15, 0.2) is 30.9 Å². The van der Waals surface area contributed by atoms with Crippen molar-refractivity contribution in [3.8, 4) is 0 Å². The number of hydrogen-bond acceptors (Lipinski definition) is 1. The summed E-state index contributed by atoms with van der Waals surface area (Å²) in [7, 11) is 0. The highest BCUT2D eigenvalue weighted by atomic mass is 15.1. The number of rotatable bonds is 5. The van der Waals surface area contributed by atoms with Crippen molar-refractivity contribution in [2.75, 3.05) is 0 Å². The first kappa shape index (κ1) is 13.9. The summed E-state index contributed by atoms with van der Waals surface area (Å²) in [6.07, 6.45) is 8.84. The molecule has 0 atom stereocenters. The molecule has 2 aromatic heterocycles. The normalized spacial score (nSPS) is 11.4. The first-order valence-electron chi connectivity index (χ1n) is 7.66. The minimum absolute atomic E-state index is 0.784. The Bertz CT molecular complexity index is 712. The lowest BCUT2D eigenvalue weighted by Gasteiger charge is -1.97. The zero-order valence-corrected chi connectivity index (χ0v) is 13.1. The van der Waals surface area contributed by atoms with Crippen LogP contribution in [0.5, 0.6) is 0 Å². The third kappa shape index (κ3) is 2.99. The van der Waals surface area contributed by atoms with Gasteiger partial charge in [-0.1, -0.05) is 13.3 Å². The lowest BCUT2D eigenvalue weighted by molar-refractivity contribution is -0.688. The maximum absolute atomic E-state index is 4.70. The van der Waals surface area contributed by atoms with Gasteiger partial charge in [-0.25, -0.2) is 14.1 Å². The van der Waals surface area contributed by atoms with Crippen LogP contribution >= 0.6 is 0 Å². The first-order chi connectivity index (χ1) is 10.2. The van der Waals surface area contributed by atoms with E-state index in [1.165, 1.54) is 24.0 Å². The van der Waals surface area contributed by atoms with E-state index in [2.05, 4.69) is 65.7 Å². The van der Waals surface area contributed by atoms with Crippen molar-refractivity contribution in [3.63, 3.8) is 0 Å². The SMILES string of the molecule is CCCCn1cc[n+](Cc2nc3cc(C)c(C)cc3[nH]2)c1. The van der Waals surface area contributed by atoms with Crippen molar-refractivity contribution in [1.29, 1.82) is 0 Å². The smallest absolute Gasteiger partial charge is 0.244 e. The molecule has 21 heavy (non-hydrogen) atoms. The summed E-state index contributed by atoms with van der Waals surface area (Å²) >= 11 is 0. The quantitative estimate of drug-likeness (QED) is 0.718. The molecule has 4 nitrogen and oxygen atoms in total. The van der Waals surface area contributed by atoms with Crippen molar-refractivity contribution in [2.24, 2.45) is 0 Å². The summed E-state index contributed by atoms with van der Waals surface area (Å²) in [5.41, 5.74) is 4.77. The van der Waals surface area contributed by atoms with Gasteiger partial charge in [-0.05, 0) is 43.5 Å². The number of H-pyrrole nitrogens is 1. The lowest BCUT2D eigenvalue weighted by Crippen LogP contribution is -2.32. The molecule has 110 valence electrons. The molecule has 0 aliphatic heterocycles. The molecule has 0 amide bonds. The Kier molecular flexibility index (Phi) is 3.78. The summed E-state index contributed by atoms with van der Waals surface area (Å²) < 4.78 is 4.41. The molecule has 0 saturated carbocycles. The van der Waals surface area contributed by atoms with Crippen LogP contribution in [-0.4, -0.2) is 14.5 Å². The molecule has 4 heteroatoms. The van der Waals surface area contributed by atoms with E-state index in [1.807, 2.05) is 0 Å². The monoisotopic (exact) mass is 283 g/mol. The number of imidazole rings is 2. The third-order valence-electron chi connectivity index (χ3n) is 3.99. The van der Waals surface area contributed by atoms with Gasteiger partial charge < -0.3 is 4.98 Å². The number of unbranched alkanes of at least 4 members (excludes halogenated alkanes) is 1. The molecular formula is C17H23N4+. The summed E-state index contributed by atoms with van der Waals surface area (Å²) in [6.45, 7) is 8.35. The molecule has 0 aliphatic carbocycles. The fourth-order valence-corrected chi connectivity index (χ4v) is 2.58. The molecule has 3 aromatic rings. The minimum atomic E-state index is 0.784. The molecule has 0 fully saturated rings. The van der Waals surface area contributed by atoms with E-state index in [9.17, 15) is 0 Å². The van der Waals surface area contributed by atoms with Gasteiger partial charge in [0, 0.05) is 0 Å². The molecule has 0 unspecified atom stereocenters. The van der Waals surface area contributed by atoms with Crippen molar-refractivity contribution in [1.82, 2.24) is 14.5 Å². The van der Waals surface area contributed by atoms with E-state index >= 15 is 0 Å².